The number of nitrogens with two attached hydrogens (primary N) is 1. The minimum atomic E-state index is -0.425. The fraction of sp³-hybridized carbons (Fsp3) is 0.667. The summed E-state index contributed by atoms with van der Waals surface area (Å²) in [5, 5.41) is 2.83. The fourth-order valence-corrected chi connectivity index (χ4v) is 2.76. The summed E-state index contributed by atoms with van der Waals surface area (Å²) in [5.41, 5.74) is 5.61. The summed E-state index contributed by atoms with van der Waals surface area (Å²) >= 11 is 1.56. The van der Waals surface area contributed by atoms with Gasteiger partial charge in [-0.2, -0.15) is 0 Å². The molecule has 2 N–H and O–H groups in total. The van der Waals surface area contributed by atoms with Crippen LogP contribution in [0.3, 0.4) is 0 Å². The van der Waals surface area contributed by atoms with Crippen LogP contribution in [0.4, 0.5) is 0 Å². The highest BCUT2D eigenvalue weighted by molar-refractivity contribution is 7.09. The van der Waals surface area contributed by atoms with E-state index in [4.69, 9.17) is 5.73 Å². The van der Waals surface area contributed by atoms with Crippen molar-refractivity contribution in [3.05, 3.63) is 16.1 Å². The number of carbonyl (C=O) groups is 1. The fourth-order valence-electron chi connectivity index (χ4n) is 1.73. The largest absolute Gasteiger partial charge is 0.364 e. The zero-order valence-electron chi connectivity index (χ0n) is 10.0. The lowest BCUT2D eigenvalue weighted by Gasteiger charge is -2.10. The van der Waals surface area contributed by atoms with E-state index in [1.165, 1.54) is 19.3 Å². The summed E-state index contributed by atoms with van der Waals surface area (Å²) in [4.78, 5) is 15.3. The third-order valence-corrected chi connectivity index (χ3v) is 3.78. The Morgan fingerprint density at radius 1 is 1.50 bits per heavy atom. The van der Waals surface area contributed by atoms with E-state index >= 15 is 0 Å². The summed E-state index contributed by atoms with van der Waals surface area (Å²) in [5.74, 6) is 0.0653. The van der Waals surface area contributed by atoms with Crippen LogP contribution < -0.4 is 5.73 Å². The van der Waals surface area contributed by atoms with Crippen molar-refractivity contribution < 1.29 is 4.79 Å². The van der Waals surface area contributed by atoms with Crippen molar-refractivity contribution in [3.63, 3.8) is 0 Å². The monoisotopic (exact) mass is 240 g/mol. The Labute approximate surface area is 101 Å². The van der Waals surface area contributed by atoms with Gasteiger partial charge in [-0.3, -0.25) is 4.79 Å². The topological polar surface area (TPSA) is 56.0 Å². The average molecular weight is 240 g/mol. The maximum Gasteiger partial charge on any atom is 0.268 e. The number of aromatic nitrogens is 1. The van der Waals surface area contributed by atoms with E-state index in [1.807, 2.05) is 0 Å². The van der Waals surface area contributed by atoms with Crippen LogP contribution in [0.1, 0.15) is 67.4 Å². The number of thiazole rings is 1. The molecule has 1 unspecified atom stereocenters. The number of rotatable bonds is 7. The molecule has 1 amide bonds. The first kappa shape index (κ1) is 13.2. The molecule has 0 aliphatic heterocycles. The number of hydrogen-bond donors (Lipinski definition) is 1. The van der Waals surface area contributed by atoms with Crippen LogP contribution in [0.15, 0.2) is 5.38 Å². The molecular weight excluding hydrogens is 220 g/mol. The van der Waals surface area contributed by atoms with Gasteiger partial charge in [0.25, 0.3) is 5.91 Å². The SMILES string of the molecule is CCCCCC(CC)c1nc(C(N)=O)cs1. The quantitative estimate of drug-likeness (QED) is 0.743. The third-order valence-electron chi connectivity index (χ3n) is 2.77. The van der Waals surface area contributed by atoms with Crippen LogP contribution in [0.2, 0.25) is 0 Å². The van der Waals surface area contributed by atoms with E-state index in [-0.39, 0.29) is 0 Å². The van der Waals surface area contributed by atoms with Gasteiger partial charge in [-0.15, -0.1) is 11.3 Å². The Morgan fingerprint density at radius 2 is 2.25 bits per heavy atom. The van der Waals surface area contributed by atoms with E-state index in [0.29, 0.717) is 11.6 Å². The zero-order valence-corrected chi connectivity index (χ0v) is 10.8. The minimum absolute atomic E-state index is 0.411. The van der Waals surface area contributed by atoms with Crippen LogP contribution in [0, 0.1) is 0 Å². The van der Waals surface area contributed by atoms with E-state index in [0.717, 1.165) is 17.8 Å². The number of carbonyl (C=O) groups excluding carboxylic acids is 1. The van der Waals surface area contributed by atoms with Crippen LogP contribution in [-0.2, 0) is 0 Å². The Hall–Kier alpha value is -0.900. The van der Waals surface area contributed by atoms with Gasteiger partial charge in [-0.05, 0) is 12.8 Å². The van der Waals surface area contributed by atoms with Crippen molar-refractivity contribution in [2.45, 2.75) is 51.9 Å². The first-order chi connectivity index (χ1) is 7.69. The molecule has 0 saturated heterocycles. The van der Waals surface area contributed by atoms with Gasteiger partial charge in [-0.1, -0.05) is 33.1 Å². The number of amides is 1. The molecule has 0 radical (unpaired) electrons. The lowest BCUT2D eigenvalue weighted by atomic mass is 9.99. The molecule has 0 spiro atoms. The molecule has 0 saturated carbocycles. The molecule has 1 rings (SSSR count). The Balaban J connectivity index is 2.60. The van der Waals surface area contributed by atoms with Crippen molar-refractivity contribution >= 4 is 17.2 Å². The first-order valence-corrected chi connectivity index (χ1v) is 6.82. The summed E-state index contributed by atoms with van der Waals surface area (Å²) in [7, 11) is 0. The van der Waals surface area contributed by atoms with Crippen LogP contribution in [0.25, 0.3) is 0 Å². The summed E-state index contributed by atoms with van der Waals surface area (Å²) < 4.78 is 0. The van der Waals surface area contributed by atoms with Gasteiger partial charge >= 0.3 is 0 Å². The molecule has 0 aliphatic carbocycles. The highest BCUT2D eigenvalue weighted by Crippen LogP contribution is 2.28. The maximum absolute atomic E-state index is 11.0. The lowest BCUT2D eigenvalue weighted by molar-refractivity contribution is 0.0996. The standard InChI is InChI=1S/C12H20N2OS/c1-3-5-6-7-9(4-2)12-14-10(8-16-12)11(13)15/h8-9H,3-7H2,1-2H3,(H2,13,15). The second kappa shape index (κ2) is 6.63. The summed E-state index contributed by atoms with van der Waals surface area (Å²) in [6.45, 7) is 4.37. The second-order valence-electron chi connectivity index (χ2n) is 4.04. The van der Waals surface area contributed by atoms with E-state index in [2.05, 4.69) is 18.8 Å². The Bertz CT molecular complexity index is 336. The molecule has 0 aromatic carbocycles. The molecule has 4 heteroatoms. The number of primary amides is 1. The van der Waals surface area contributed by atoms with E-state index < -0.39 is 5.91 Å². The van der Waals surface area contributed by atoms with Gasteiger partial charge in [0, 0.05) is 11.3 Å². The van der Waals surface area contributed by atoms with Gasteiger partial charge in [-0.25, -0.2) is 4.98 Å². The normalized spacial score (nSPS) is 12.6. The second-order valence-corrected chi connectivity index (χ2v) is 4.93. The molecule has 90 valence electrons. The predicted octanol–water partition coefficient (Wildman–Crippen LogP) is 3.32. The molecular formula is C12H20N2OS. The molecule has 1 aromatic heterocycles. The molecule has 1 aromatic rings. The average Bonchev–Trinajstić information content (AvgIpc) is 2.74. The van der Waals surface area contributed by atoms with Crippen LogP contribution >= 0.6 is 11.3 Å². The summed E-state index contributed by atoms with van der Waals surface area (Å²) in [6.07, 6.45) is 5.98. The van der Waals surface area contributed by atoms with Gasteiger partial charge in [0.15, 0.2) is 0 Å². The van der Waals surface area contributed by atoms with Gasteiger partial charge in [0.05, 0.1) is 5.01 Å². The van der Waals surface area contributed by atoms with Crippen molar-refractivity contribution in [1.82, 2.24) is 4.98 Å². The van der Waals surface area contributed by atoms with Crippen LogP contribution in [0.5, 0.6) is 0 Å². The lowest BCUT2D eigenvalue weighted by Crippen LogP contribution is -2.11. The molecule has 0 aliphatic rings. The molecule has 0 bridgehead atoms. The number of hydrogen-bond acceptors (Lipinski definition) is 3. The maximum atomic E-state index is 11.0. The molecule has 1 atom stereocenters. The van der Waals surface area contributed by atoms with Crippen LogP contribution in [-0.4, -0.2) is 10.9 Å². The Kier molecular flexibility index (Phi) is 5.46. The minimum Gasteiger partial charge on any atom is -0.364 e. The Morgan fingerprint density at radius 3 is 2.75 bits per heavy atom. The van der Waals surface area contributed by atoms with E-state index in [9.17, 15) is 4.79 Å². The molecule has 16 heavy (non-hydrogen) atoms. The third kappa shape index (κ3) is 3.59. The van der Waals surface area contributed by atoms with Crippen molar-refractivity contribution in [2.75, 3.05) is 0 Å². The highest BCUT2D eigenvalue weighted by atomic mass is 32.1. The molecule has 3 nitrogen and oxygen atoms in total. The number of nitrogens with zero attached hydrogens (tertiary/aromatic N) is 1. The predicted molar refractivity (Wildman–Crippen MR) is 67.8 cm³/mol. The van der Waals surface area contributed by atoms with E-state index in [1.54, 1.807) is 16.7 Å². The molecule has 1 heterocycles. The highest BCUT2D eigenvalue weighted by Gasteiger charge is 2.15. The smallest absolute Gasteiger partial charge is 0.268 e. The molecule has 0 fully saturated rings. The summed E-state index contributed by atoms with van der Waals surface area (Å²) in [6, 6.07) is 0. The zero-order chi connectivity index (χ0) is 12.0. The van der Waals surface area contributed by atoms with Gasteiger partial charge in [0.2, 0.25) is 0 Å². The van der Waals surface area contributed by atoms with Gasteiger partial charge < -0.3 is 5.73 Å². The number of unbranched alkanes of at least 4 members (excludes halogenated alkanes) is 2. The first-order valence-electron chi connectivity index (χ1n) is 5.94. The van der Waals surface area contributed by atoms with Crippen molar-refractivity contribution in [3.8, 4) is 0 Å². The van der Waals surface area contributed by atoms with Crippen molar-refractivity contribution in [2.24, 2.45) is 5.73 Å². The van der Waals surface area contributed by atoms with Crippen molar-refractivity contribution in [1.29, 1.82) is 0 Å². The van der Waals surface area contributed by atoms with Gasteiger partial charge in [0.1, 0.15) is 5.69 Å².